The van der Waals surface area contributed by atoms with E-state index in [-0.39, 0.29) is 5.41 Å². The summed E-state index contributed by atoms with van der Waals surface area (Å²) in [7, 11) is 0. The quantitative estimate of drug-likeness (QED) is 0.760. The van der Waals surface area contributed by atoms with Crippen LogP contribution < -0.4 is 0 Å². The van der Waals surface area contributed by atoms with Gasteiger partial charge < -0.3 is 0 Å². The number of fused-ring (bicyclic) bond motifs is 1. The summed E-state index contributed by atoms with van der Waals surface area (Å²) < 4.78 is 0. The van der Waals surface area contributed by atoms with Gasteiger partial charge in [-0.15, -0.1) is 0 Å². The van der Waals surface area contributed by atoms with Gasteiger partial charge in [-0.3, -0.25) is 0 Å². The van der Waals surface area contributed by atoms with Crippen LogP contribution in [-0.4, -0.2) is 0 Å². The first kappa shape index (κ1) is 13.1. The summed E-state index contributed by atoms with van der Waals surface area (Å²) in [5.74, 6) is 0.747. The van der Waals surface area contributed by atoms with Crippen molar-refractivity contribution in [1.29, 1.82) is 5.26 Å². The lowest BCUT2D eigenvalue weighted by atomic mass is 9.69. The van der Waals surface area contributed by atoms with Gasteiger partial charge >= 0.3 is 0 Å². The van der Waals surface area contributed by atoms with Crippen LogP contribution in [0.4, 0.5) is 0 Å². The van der Waals surface area contributed by atoms with Crippen LogP contribution in [-0.2, 0) is 12.8 Å². The van der Waals surface area contributed by atoms with Crippen molar-refractivity contribution >= 4 is 0 Å². The van der Waals surface area contributed by atoms with E-state index in [4.69, 9.17) is 0 Å². The van der Waals surface area contributed by atoms with Gasteiger partial charge in [0.05, 0.1) is 11.5 Å². The molecule has 1 aromatic rings. The molecule has 1 unspecified atom stereocenters. The second kappa shape index (κ2) is 5.57. The zero-order valence-electron chi connectivity index (χ0n) is 11.6. The number of nitrogens with zero attached hydrogens (tertiary/aromatic N) is 1. The molecule has 0 spiro atoms. The van der Waals surface area contributed by atoms with E-state index < -0.39 is 0 Å². The van der Waals surface area contributed by atoms with Crippen LogP contribution in [0.2, 0.25) is 0 Å². The summed E-state index contributed by atoms with van der Waals surface area (Å²) in [4.78, 5) is 0. The molecule has 1 aromatic carbocycles. The minimum atomic E-state index is -0.0940. The molecule has 0 fully saturated rings. The highest BCUT2D eigenvalue weighted by atomic mass is 14.4. The molecule has 1 aliphatic rings. The molecule has 0 saturated carbocycles. The van der Waals surface area contributed by atoms with Gasteiger partial charge in [0.15, 0.2) is 0 Å². The van der Waals surface area contributed by atoms with Crippen LogP contribution in [0.3, 0.4) is 0 Å². The van der Waals surface area contributed by atoms with Crippen molar-refractivity contribution in [2.45, 2.75) is 52.4 Å². The molecule has 0 aliphatic heterocycles. The Morgan fingerprint density at radius 1 is 1.28 bits per heavy atom. The zero-order chi connectivity index (χ0) is 13.0. The molecule has 0 aromatic heterocycles. The van der Waals surface area contributed by atoms with Crippen molar-refractivity contribution in [2.24, 2.45) is 11.3 Å². The molecule has 0 heterocycles. The second-order valence-corrected chi connectivity index (χ2v) is 6.12. The van der Waals surface area contributed by atoms with Crippen LogP contribution in [0, 0.1) is 22.7 Å². The largest absolute Gasteiger partial charge is 0.198 e. The summed E-state index contributed by atoms with van der Waals surface area (Å²) in [6.45, 7) is 4.52. The Morgan fingerprint density at radius 3 is 2.67 bits per heavy atom. The van der Waals surface area contributed by atoms with Gasteiger partial charge in [-0.05, 0) is 42.7 Å². The molecule has 0 bridgehead atoms. The summed E-state index contributed by atoms with van der Waals surface area (Å²) in [5, 5.41) is 9.58. The van der Waals surface area contributed by atoms with E-state index in [0.29, 0.717) is 0 Å². The third-order valence-electron chi connectivity index (χ3n) is 4.19. The Morgan fingerprint density at radius 2 is 2.00 bits per heavy atom. The van der Waals surface area contributed by atoms with E-state index >= 15 is 0 Å². The van der Waals surface area contributed by atoms with Gasteiger partial charge in [-0.25, -0.2) is 0 Å². The van der Waals surface area contributed by atoms with Gasteiger partial charge in [-0.2, -0.15) is 5.26 Å². The smallest absolute Gasteiger partial charge is 0.0693 e. The van der Waals surface area contributed by atoms with Crippen molar-refractivity contribution in [3.63, 3.8) is 0 Å². The van der Waals surface area contributed by atoms with Crippen LogP contribution in [0.25, 0.3) is 0 Å². The average molecular weight is 241 g/mol. The molecule has 1 aliphatic carbocycles. The first-order chi connectivity index (χ1) is 8.65. The first-order valence-corrected chi connectivity index (χ1v) is 7.13. The molecule has 2 rings (SSSR count). The minimum Gasteiger partial charge on any atom is -0.198 e. The number of rotatable bonds is 4. The predicted molar refractivity (Wildman–Crippen MR) is 75.2 cm³/mol. The average Bonchev–Trinajstić information content (AvgIpc) is 2.38. The molecule has 0 amide bonds. The van der Waals surface area contributed by atoms with Crippen LogP contribution in [0.5, 0.6) is 0 Å². The third kappa shape index (κ3) is 2.93. The van der Waals surface area contributed by atoms with Gasteiger partial charge in [0.1, 0.15) is 0 Å². The number of hydrogen-bond acceptors (Lipinski definition) is 1. The Labute approximate surface area is 111 Å². The fourth-order valence-electron chi connectivity index (χ4n) is 3.01. The van der Waals surface area contributed by atoms with Crippen molar-refractivity contribution in [1.82, 2.24) is 0 Å². The number of nitriles is 1. The summed E-state index contributed by atoms with van der Waals surface area (Å²) >= 11 is 0. The highest BCUT2D eigenvalue weighted by molar-refractivity contribution is 5.32. The fraction of sp³-hybridized carbons (Fsp3) is 0.588. The topological polar surface area (TPSA) is 23.8 Å². The zero-order valence-corrected chi connectivity index (χ0v) is 11.6. The van der Waals surface area contributed by atoms with E-state index in [0.717, 1.165) is 31.6 Å². The van der Waals surface area contributed by atoms with Crippen molar-refractivity contribution in [3.8, 4) is 6.07 Å². The maximum atomic E-state index is 9.58. The molecular weight excluding hydrogens is 218 g/mol. The minimum absolute atomic E-state index is 0.0940. The molecule has 18 heavy (non-hydrogen) atoms. The molecular formula is C17H23N. The monoisotopic (exact) mass is 241 g/mol. The lowest BCUT2D eigenvalue weighted by molar-refractivity contribution is 0.297. The van der Waals surface area contributed by atoms with Crippen LogP contribution in [0.1, 0.15) is 50.7 Å². The van der Waals surface area contributed by atoms with Crippen LogP contribution in [0.15, 0.2) is 24.3 Å². The Hall–Kier alpha value is -1.29. The second-order valence-electron chi connectivity index (χ2n) is 6.12. The third-order valence-corrected chi connectivity index (χ3v) is 4.19. The Balaban J connectivity index is 2.05. The van der Waals surface area contributed by atoms with E-state index in [1.54, 1.807) is 0 Å². The molecule has 96 valence electrons. The van der Waals surface area contributed by atoms with Crippen molar-refractivity contribution in [2.75, 3.05) is 0 Å². The Bertz CT molecular complexity index is 441. The Kier molecular flexibility index (Phi) is 4.07. The summed E-state index contributed by atoms with van der Waals surface area (Å²) in [6, 6.07) is 11.2. The highest BCUT2D eigenvalue weighted by Crippen LogP contribution is 2.39. The fourth-order valence-corrected chi connectivity index (χ4v) is 3.01. The number of hydrogen-bond donors (Lipinski definition) is 0. The van der Waals surface area contributed by atoms with Crippen molar-refractivity contribution in [3.05, 3.63) is 35.4 Å². The van der Waals surface area contributed by atoms with Crippen molar-refractivity contribution < 1.29 is 0 Å². The molecule has 1 heteroatoms. The predicted octanol–water partition coefficient (Wildman–Crippen LogP) is 4.51. The van der Waals surface area contributed by atoms with E-state index in [9.17, 15) is 5.26 Å². The SMILES string of the molecule is CC(C)CCCC1(C#N)CCc2ccccc2C1. The molecule has 1 atom stereocenters. The van der Waals surface area contributed by atoms with Gasteiger partial charge in [0.25, 0.3) is 0 Å². The maximum absolute atomic E-state index is 9.58. The van der Waals surface area contributed by atoms with Gasteiger partial charge in [0.2, 0.25) is 0 Å². The van der Waals surface area contributed by atoms with Crippen LogP contribution >= 0.6 is 0 Å². The van der Waals surface area contributed by atoms with Gasteiger partial charge in [-0.1, -0.05) is 51.0 Å². The summed E-state index contributed by atoms with van der Waals surface area (Å²) in [6.07, 6.45) is 6.57. The number of benzene rings is 1. The maximum Gasteiger partial charge on any atom is 0.0693 e. The van der Waals surface area contributed by atoms with E-state index in [2.05, 4.69) is 44.2 Å². The van der Waals surface area contributed by atoms with Gasteiger partial charge in [0, 0.05) is 0 Å². The van der Waals surface area contributed by atoms with E-state index in [1.807, 2.05) is 0 Å². The molecule has 1 nitrogen and oxygen atoms in total. The molecule has 0 radical (unpaired) electrons. The van der Waals surface area contributed by atoms with E-state index in [1.165, 1.54) is 24.0 Å². The number of aryl methyl sites for hydroxylation is 1. The first-order valence-electron chi connectivity index (χ1n) is 7.13. The standard InChI is InChI=1S/C17H23N/c1-14(2)6-5-10-17(13-18)11-9-15-7-3-4-8-16(15)12-17/h3-4,7-8,14H,5-6,9-12H2,1-2H3. The lowest BCUT2D eigenvalue weighted by Crippen LogP contribution is -2.27. The molecule has 0 saturated heterocycles. The molecule has 0 N–H and O–H groups in total. The normalized spacial score (nSPS) is 22.6. The lowest BCUT2D eigenvalue weighted by Gasteiger charge is -2.32. The highest BCUT2D eigenvalue weighted by Gasteiger charge is 2.33. The summed E-state index contributed by atoms with van der Waals surface area (Å²) in [5.41, 5.74) is 2.76.